The van der Waals surface area contributed by atoms with E-state index in [1.54, 1.807) is 12.1 Å². The van der Waals surface area contributed by atoms with E-state index in [2.05, 4.69) is 37.4 Å². The van der Waals surface area contributed by atoms with Crippen LogP contribution in [0.25, 0.3) is 0 Å². The number of amides is 2. The van der Waals surface area contributed by atoms with Gasteiger partial charge in [-0.15, -0.1) is 10.2 Å². The van der Waals surface area contributed by atoms with Crippen molar-refractivity contribution in [1.82, 2.24) is 15.1 Å². The largest absolute Gasteiger partial charge is 0.355 e. The number of hydrogen-bond acceptors (Lipinski definition) is 5. The van der Waals surface area contributed by atoms with Gasteiger partial charge in [-0.05, 0) is 43.2 Å². The first kappa shape index (κ1) is 19.8. The molecule has 2 amide bonds. The first-order chi connectivity index (χ1) is 14.2. The molecule has 2 aliphatic rings. The van der Waals surface area contributed by atoms with E-state index in [9.17, 15) is 4.79 Å². The highest BCUT2D eigenvalue weighted by atomic mass is 35.5. The SMILES string of the molecule is O=C(Nc1cccc(Cl)c1)N1CCN(c2ccc(N3CCCCCC3)nn2)CC1. The van der Waals surface area contributed by atoms with Crippen molar-refractivity contribution >= 4 is 35.0 Å². The summed E-state index contributed by atoms with van der Waals surface area (Å²) in [4.78, 5) is 18.8. The lowest BCUT2D eigenvalue weighted by Crippen LogP contribution is -2.50. The van der Waals surface area contributed by atoms with Crippen molar-refractivity contribution in [2.75, 3.05) is 54.4 Å². The van der Waals surface area contributed by atoms with Crippen LogP contribution in [0.2, 0.25) is 5.02 Å². The fourth-order valence-corrected chi connectivity index (χ4v) is 4.05. The molecule has 4 rings (SSSR count). The summed E-state index contributed by atoms with van der Waals surface area (Å²) in [5, 5.41) is 12.4. The summed E-state index contributed by atoms with van der Waals surface area (Å²) >= 11 is 5.98. The van der Waals surface area contributed by atoms with Crippen LogP contribution in [0.1, 0.15) is 25.7 Å². The number of nitrogens with one attached hydrogen (secondary N) is 1. The van der Waals surface area contributed by atoms with Crippen LogP contribution < -0.4 is 15.1 Å². The molecular weight excluding hydrogens is 388 g/mol. The number of anilines is 3. The normalized spacial score (nSPS) is 17.8. The van der Waals surface area contributed by atoms with Gasteiger partial charge < -0.3 is 20.0 Å². The average molecular weight is 415 g/mol. The number of urea groups is 1. The minimum Gasteiger partial charge on any atom is -0.355 e. The number of benzene rings is 1. The number of halogens is 1. The number of piperazine rings is 1. The number of carbonyl (C=O) groups is 1. The molecule has 1 aromatic carbocycles. The lowest BCUT2D eigenvalue weighted by atomic mass is 10.2. The van der Waals surface area contributed by atoms with E-state index in [1.807, 2.05) is 17.0 Å². The van der Waals surface area contributed by atoms with E-state index in [4.69, 9.17) is 11.6 Å². The molecule has 8 heteroatoms. The molecule has 0 aliphatic carbocycles. The smallest absolute Gasteiger partial charge is 0.321 e. The summed E-state index contributed by atoms with van der Waals surface area (Å²) in [7, 11) is 0. The molecule has 0 atom stereocenters. The standard InChI is InChI=1S/C21H27ClN6O/c22-17-6-5-7-18(16-17)23-21(29)28-14-12-27(13-15-28)20-9-8-19(24-25-20)26-10-3-1-2-4-11-26/h5-9,16H,1-4,10-15H2,(H,23,29). The Labute approximate surface area is 176 Å². The summed E-state index contributed by atoms with van der Waals surface area (Å²) in [6.45, 7) is 4.88. The maximum absolute atomic E-state index is 12.5. The maximum atomic E-state index is 12.5. The van der Waals surface area contributed by atoms with Crippen LogP contribution in [0.5, 0.6) is 0 Å². The van der Waals surface area contributed by atoms with E-state index >= 15 is 0 Å². The molecule has 2 saturated heterocycles. The van der Waals surface area contributed by atoms with Gasteiger partial charge in [0.2, 0.25) is 0 Å². The van der Waals surface area contributed by atoms with Crippen LogP contribution in [0, 0.1) is 0 Å². The van der Waals surface area contributed by atoms with Gasteiger partial charge in [-0.2, -0.15) is 0 Å². The first-order valence-corrected chi connectivity index (χ1v) is 10.7. The molecule has 0 saturated carbocycles. The predicted octanol–water partition coefficient (Wildman–Crippen LogP) is 3.86. The summed E-state index contributed by atoms with van der Waals surface area (Å²) in [6, 6.07) is 11.2. The third kappa shape index (κ3) is 5.09. The van der Waals surface area contributed by atoms with Gasteiger partial charge in [0.25, 0.3) is 0 Å². The van der Waals surface area contributed by atoms with Crippen molar-refractivity contribution in [3.05, 3.63) is 41.4 Å². The van der Waals surface area contributed by atoms with Crippen molar-refractivity contribution < 1.29 is 4.79 Å². The molecule has 2 aromatic rings. The van der Waals surface area contributed by atoms with Gasteiger partial charge in [0.15, 0.2) is 11.6 Å². The van der Waals surface area contributed by atoms with Gasteiger partial charge in [0.05, 0.1) is 0 Å². The number of aromatic nitrogens is 2. The predicted molar refractivity (Wildman–Crippen MR) is 117 cm³/mol. The molecule has 1 aromatic heterocycles. The second-order valence-corrected chi connectivity index (χ2v) is 8.00. The number of nitrogens with zero attached hydrogens (tertiary/aromatic N) is 5. The van der Waals surface area contributed by atoms with Crippen LogP contribution in [-0.2, 0) is 0 Å². The monoisotopic (exact) mass is 414 g/mol. The summed E-state index contributed by atoms with van der Waals surface area (Å²) in [5.74, 6) is 1.84. The number of rotatable bonds is 3. The van der Waals surface area contributed by atoms with E-state index in [0.29, 0.717) is 23.8 Å². The van der Waals surface area contributed by atoms with Crippen LogP contribution in [0.3, 0.4) is 0 Å². The Hall–Kier alpha value is -2.54. The Kier molecular flexibility index (Phi) is 6.34. The number of carbonyl (C=O) groups excluding carboxylic acids is 1. The Bertz CT molecular complexity index is 814. The average Bonchev–Trinajstić information content (AvgIpc) is 3.04. The molecule has 7 nitrogen and oxygen atoms in total. The molecule has 0 bridgehead atoms. The molecular formula is C21H27ClN6O. The zero-order valence-electron chi connectivity index (χ0n) is 16.6. The molecule has 0 radical (unpaired) electrons. The fraction of sp³-hybridized carbons (Fsp3) is 0.476. The van der Waals surface area contributed by atoms with Gasteiger partial charge in [-0.1, -0.05) is 30.5 Å². The highest BCUT2D eigenvalue weighted by Crippen LogP contribution is 2.20. The van der Waals surface area contributed by atoms with Crippen molar-refractivity contribution in [2.45, 2.75) is 25.7 Å². The molecule has 1 N–H and O–H groups in total. The third-order valence-corrected chi connectivity index (χ3v) is 5.77. The van der Waals surface area contributed by atoms with Crippen molar-refractivity contribution in [2.24, 2.45) is 0 Å². The summed E-state index contributed by atoms with van der Waals surface area (Å²) < 4.78 is 0. The van der Waals surface area contributed by atoms with E-state index in [1.165, 1.54) is 25.7 Å². The lowest BCUT2D eigenvalue weighted by molar-refractivity contribution is 0.208. The summed E-state index contributed by atoms with van der Waals surface area (Å²) in [6.07, 6.45) is 5.06. The molecule has 2 aliphatic heterocycles. The van der Waals surface area contributed by atoms with Gasteiger partial charge in [0.1, 0.15) is 0 Å². The third-order valence-electron chi connectivity index (χ3n) is 5.53. The van der Waals surface area contributed by atoms with Gasteiger partial charge in [0, 0.05) is 50.0 Å². The Morgan fingerprint density at radius 1 is 0.828 bits per heavy atom. The quantitative estimate of drug-likeness (QED) is 0.826. The fourth-order valence-electron chi connectivity index (χ4n) is 3.86. The second-order valence-electron chi connectivity index (χ2n) is 7.57. The second kappa shape index (κ2) is 9.31. The minimum absolute atomic E-state index is 0.102. The van der Waals surface area contributed by atoms with E-state index in [-0.39, 0.29) is 6.03 Å². The van der Waals surface area contributed by atoms with Crippen molar-refractivity contribution in [3.63, 3.8) is 0 Å². The Morgan fingerprint density at radius 2 is 1.45 bits per heavy atom. The van der Waals surface area contributed by atoms with Gasteiger partial charge in [-0.3, -0.25) is 0 Å². The molecule has 29 heavy (non-hydrogen) atoms. The van der Waals surface area contributed by atoms with Crippen molar-refractivity contribution in [3.8, 4) is 0 Å². The highest BCUT2D eigenvalue weighted by molar-refractivity contribution is 6.30. The Morgan fingerprint density at radius 3 is 2.03 bits per heavy atom. The lowest BCUT2D eigenvalue weighted by Gasteiger charge is -2.35. The van der Waals surface area contributed by atoms with Crippen LogP contribution >= 0.6 is 11.6 Å². The number of hydrogen-bond donors (Lipinski definition) is 1. The first-order valence-electron chi connectivity index (χ1n) is 10.3. The van der Waals surface area contributed by atoms with Crippen molar-refractivity contribution in [1.29, 1.82) is 0 Å². The molecule has 2 fully saturated rings. The van der Waals surface area contributed by atoms with Crippen LogP contribution in [0.4, 0.5) is 22.1 Å². The van der Waals surface area contributed by atoms with Gasteiger partial charge in [-0.25, -0.2) is 4.79 Å². The topological polar surface area (TPSA) is 64.6 Å². The molecule has 0 unspecified atom stereocenters. The minimum atomic E-state index is -0.102. The maximum Gasteiger partial charge on any atom is 0.321 e. The molecule has 3 heterocycles. The van der Waals surface area contributed by atoms with E-state index in [0.717, 1.165) is 37.8 Å². The van der Waals surface area contributed by atoms with Crippen LogP contribution in [-0.4, -0.2) is 60.4 Å². The Balaban J connectivity index is 1.30. The van der Waals surface area contributed by atoms with E-state index < -0.39 is 0 Å². The molecule has 154 valence electrons. The van der Waals surface area contributed by atoms with Gasteiger partial charge >= 0.3 is 6.03 Å². The summed E-state index contributed by atoms with van der Waals surface area (Å²) in [5.41, 5.74) is 0.708. The highest BCUT2D eigenvalue weighted by Gasteiger charge is 2.22. The van der Waals surface area contributed by atoms with Crippen LogP contribution in [0.15, 0.2) is 36.4 Å². The zero-order chi connectivity index (χ0) is 20.1. The zero-order valence-corrected chi connectivity index (χ0v) is 17.3. The molecule has 0 spiro atoms.